The zero-order valence-corrected chi connectivity index (χ0v) is 21.1. The molecule has 3 N–H and O–H groups in total. The lowest BCUT2D eigenvalue weighted by Crippen LogP contribution is -2.27. The van der Waals surface area contributed by atoms with Gasteiger partial charge < -0.3 is 29.1 Å². The lowest BCUT2D eigenvalue weighted by molar-refractivity contribution is -0.122. The van der Waals surface area contributed by atoms with Crippen LogP contribution in [0.25, 0.3) is 0 Å². The fourth-order valence-corrected chi connectivity index (χ4v) is 2.30. The number of carbonyl (C=O) groups excluding carboxylic acids is 2. The maximum atomic E-state index is 11.7. The van der Waals surface area contributed by atoms with Gasteiger partial charge in [-0.15, -0.1) is 12.8 Å². The number of amides is 1. The number of hydrogen-bond donors (Lipinski definition) is 3. The molecule has 9 heteroatoms. The molecule has 0 aliphatic carbocycles. The summed E-state index contributed by atoms with van der Waals surface area (Å²) in [5.41, 5.74) is 0. The minimum Gasteiger partial charge on any atom is -0.379 e. The van der Waals surface area contributed by atoms with E-state index in [0.717, 1.165) is 38.6 Å². The molecule has 0 spiro atoms. The first-order valence-electron chi connectivity index (χ1n) is 11.5. The summed E-state index contributed by atoms with van der Waals surface area (Å²) in [6, 6.07) is 0. The third-order valence-electron chi connectivity index (χ3n) is 3.90. The summed E-state index contributed by atoms with van der Waals surface area (Å²) >= 11 is 3.03. The van der Waals surface area contributed by atoms with E-state index in [4.69, 9.17) is 18.9 Å². The lowest BCUT2D eigenvalue weighted by atomic mass is 10.0. The van der Waals surface area contributed by atoms with Crippen LogP contribution in [0.5, 0.6) is 0 Å². The van der Waals surface area contributed by atoms with E-state index in [2.05, 4.69) is 37.1 Å². The average molecular weight is 469 g/mol. The van der Waals surface area contributed by atoms with Gasteiger partial charge in [-0.1, -0.05) is 40.5 Å². The van der Waals surface area contributed by atoms with Crippen molar-refractivity contribution in [3.63, 3.8) is 0 Å². The molecule has 0 saturated carbocycles. The normalized spacial score (nSPS) is 10.9. The van der Waals surface area contributed by atoms with Crippen molar-refractivity contribution in [1.82, 2.24) is 5.32 Å². The summed E-state index contributed by atoms with van der Waals surface area (Å²) < 4.78 is 21.4. The monoisotopic (exact) mass is 468 g/mol. The van der Waals surface area contributed by atoms with Crippen LogP contribution >= 0.6 is 12.8 Å². The molecule has 0 radical (unpaired) electrons. The summed E-state index contributed by atoms with van der Waals surface area (Å²) in [6.07, 6.45) is 6.07. The van der Waals surface area contributed by atoms with E-state index in [0.29, 0.717) is 65.6 Å². The number of carbonyl (C=O) groups is 2. The van der Waals surface area contributed by atoms with Gasteiger partial charge in [-0.3, -0.25) is 9.93 Å². The molecule has 0 heterocycles. The maximum absolute atomic E-state index is 11.7. The Labute approximate surface area is 195 Å². The van der Waals surface area contributed by atoms with Crippen LogP contribution < -0.4 is 10.5 Å². The highest BCUT2D eigenvalue weighted by molar-refractivity contribution is 7.77. The van der Waals surface area contributed by atoms with Gasteiger partial charge in [-0.2, -0.15) is 0 Å². The quantitative estimate of drug-likeness (QED) is 0.135. The molecular weight excluding hydrogens is 420 g/mol. The van der Waals surface area contributed by atoms with Gasteiger partial charge in [0, 0.05) is 25.5 Å². The average Bonchev–Trinajstić information content (AvgIpc) is 2.81. The van der Waals surface area contributed by atoms with Crippen LogP contribution in [0.4, 0.5) is 0 Å². The smallest absolute Gasteiger partial charge is 0.222 e. The molecule has 1 atom stereocenters. The Kier molecular flexibility index (Phi) is 38.2. The third kappa shape index (κ3) is 31.6. The first-order chi connectivity index (χ1) is 15.2. The highest BCUT2D eigenvalue weighted by atomic mass is 32.1. The minimum atomic E-state index is -0.0465. The molecule has 0 saturated heterocycles. The van der Waals surface area contributed by atoms with Crippen molar-refractivity contribution in [2.24, 2.45) is 11.1 Å². The predicted molar refractivity (Wildman–Crippen MR) is 129 cm³/mol. The number of aldehydes is 1. The van der Waals surface area contributed by atoms with Gasteiger partial charge >= 0.3 is 0 Å². The van der Waals surface area contributed by atoms with E-state index in [1.165, 1.54) is 0 Å². The Morgan fingerprint density at radius 2 is 1.32 bits per heavy atom. The standard InChI is InChI=1S/C20H39NO6.C2H6.H3NS/c1-3-5-6-19(18-22)7-9-21-20(23)8-11-25-13-15-27-17-16-26-14-12-24-10-4-2;2*1-2/h18-19H,3-17H2,1-2H3,(H,21,23);1-2H3;2H,1H2. The molecule has 0 aromatic heterocycles. The molecule has 31 heavy (non-hydrogen) atoms. The van der Waals surface area contributed by atoms with E-state index in [-0.39, 0.29) is 11.8 Å². The minimum absolute atomic E-state index is 0.0465. The lowest BCUT2D eigenvalue weighted by Gasteiger charge is -2.10. The molecule has 0 rings (SSSR count). The van der Waals surface area contributed by atoms with Gasteiger partial charge in [-0.05, 0) is 19.3 Å². The van der Waals surface area contributed by atoms with Gasteiger partial charge in [0.25, 0.3) is 0 Å². The number of unbranched alkanes of at least 4 members (excludes halogenated alkanes) is 1. The molecule has 8 nitrogen and oxygen atoms in total. The Balaban J connectivity index is -0.00000184. The van der Waals surface area contributed by atoms with E-state index < -0.39 is 0 Å². The second-order valence-corrected chi connectivity index (χ2v) is 6.38. The van der Waals surface area contributed by atoms with Gasteiger partial charge in [-0.25, -0.2) is 0 Å². The van der Waals surface area contributed by atoms with E-state index in [1.807, 2.05) is 13.8 Å². The first kappa shape index (κ1) is 34.9. The van der Waals surface area contributed by atoms with Gasteiger partial charge in [0.05, 0.1) is 46.2 Å². The van der Waals surface area contributed by atoms with Gasteiger partial charge in [0.15, 0.2) is 0 Å². The summed E-state index contributed by atoms with van der Waals surface area (Å²) in [5.74, 6) is 0.00115. The van der Waals surface area contributed by atoms with E-state index in [9.17, 15) is 9.59 Å². The summed E-state index contributed by atoms with van der Waals surface area (Å²) in [7, 11) is 0. The maximum Gasteiger partial charge on any atom is 0.222 e. The molecule has 0 aliphatic rings. The second-order valence-electron chi connectivity index (χ2n) is 6.38. The van der Waals surface area contributed by atoms with Crippen molar-refractivity contribution in [3.05, 3.63) is 0 Å². The second kappa shape index (κ2) is 33.9. The van der Waals surface area contributed by atoms with E-state index in [1.54, 1.807) is 0 Å². The molecule has 1 unspecified atom stereocenters. The van der Waals surface area contributed by atoms with Crippen molar-refractivity contribution < 1.29 is 28.5 Å². The van der Waals surface area contributed by atoms with Crippen molar-refractivity contribution in [1.29, 1.82) is 0 Å². The number of thiol groups is 1. The Hall–Kier alpha value is -0.710. The molecule has 0 bridgehead atoms. The van der Waals surface area contributed by atoms with Crippen LogP contribution in [-0.2, 0) is 28.5 Å². The number of hydrogen-bond acceptors (Lipinski definition) is 8. The van der Waals surface area contributed by atoms with Crippen molar-refractivity contribution >= 4 is 25.0 Å². The third-order valence-corrected chi connectivity index (χ3v) is 3.90. The molecule has 0 aliphatic heterocycles. The van der Waals surface area contributed by atoms with Crippen LogP contribution in [0.2, 0.25) is 0 Å². The SMILES string of the molecule is CC.CCCCC(C=O)CCNC(=O)CCOCCOCCOCCOCCC.NS. The first-order valence-corrected chi connectivity index (χ1v) is 12.0. The fourth-order valence-electron chi connectivity index (χ4n) is 2.30. The highest BCUT2D eigenvalue weighted by Crippen LogP contribution is 2.09. The molecule has 0 aromatic rings. The van der Waals surface area contributed by atoms with Crippen molar-refractivity contribution in [3.8, 4) is 0 Å². The zero-order valence-electron chi connectivity index (χ0n) is 20.2. The van der Waals surface area contributed by atoms with Crippen molar-refractivity contribution in [2.75, 3.05) is 59.4 Å². The Morgan fingerprint density at radius 3 is 1.77 bits per heavy atom. The van der Waals surface area contributed by atoms with Crippen LogP contribution in [0.1, 0.15) is 66.2 Å². The number of rotatable bonds is 21. The molecule has 188 valence electrons. The molecule has 1 amide bonds. The highest BCUT2D eigenvalue weighted by Gasteiger charge is 2.07. The van der Waals surface area contributed by atoms with Crippen LogP contribution in [0.3, 0.4) is 0 Å². The Bertz CT molecular complexity index is 352. The number of nitrogens with one attached hydrogen (secondary N) is 1. The summed E-state index contributed by atoms with van der Waals surface area (Å²) in [5, 5.41) is 7.03. The van der Waals surface area contributed by atoms with Gasteiger partial charge in [0.2, 0.25) is 5.91 Å². The van der Waals surface area contributed by atoms with E-state index >= 15 is 0 Å². The zero-order chi connectivity index (χ0) is 24.0. The Morgan fingerprint density at radius 1 is 0.839 bits per heavy atom. The number of nitrogens with two attached hydrogens (primary N) is 1. The predicted octanol–water partition coefficient (Wildman–Crippen LogP) is 3.18. The van der Waals surface area contributed by atoms with Crippen LogP contribution in [-0.4, -0.2) is 71.6 Å². The largest absolute Gasteiger partial charge is 0.379 e. The van der Waals surface area contributed by atoms with Gasteiger partial charge in [0.1, 0.15) is 6.29 Å². The topological polar surface area (TPSA) is 109 Å². The van der Waals surface area contributed by atoms with Crippen molar-refractivity contribution in [2.45, 2.75) is 66.2 Å². The summed E-state index contributed by atoms with van der Waals surface area (Å²) in [6.45, 7) is 13.1. The molecule has 0 aromatic carbocycles. The fraction of sp³-hybridized carbons (Fsp3) is 0.909. The van der Waals surface area contributed by atoms with Crippen LogP contribution in [0, 0.1) is 5.92 Å². The van der Waals surface area contributed by atoms with Crippen LogP contribution in [0.15, 0.2) is 0 Å². The summed E-state index contributed by atoms with van der Waals surface area (Å²) in [4.78, 5) is 22.6. The molecular formula is C22H48N2O6S. The molecule has 0 fully saturated rings. The number of ether oxygens (including phenoxy) is 4.